The number of aryl methyl sites for hydroxylation is 1. The minimum atomic E-state index is -0.977. The molecule has 2 aromatic carbocycles. The van der Waals surface area contributed by atoms with E-state index >= 15 is 0 Å². The normalized spacial score (nSPS) is 23.1. The van der Waals surface area contributed by atoms with Gasteiger partial charge in [-0.2, -0.15) is 0 Å². The number of nitrogens with zero attached hydrogens (tertiary/aromatic N) is 3. The highest BCUT2D eigenvalue weighted by atomic mass is 16.5. The number of anilines is 1. The molecule has 1 saturated carbocycles. The summed E-state index contributed by atoms with van der Waals surface area (Å²) >= 11 is 0. The van der Waals surface area contributed by atoms with E-state index in [0.717, 1.165) is 41.4 Å². The van der Waals surface area contributed by atoms with E-state index in [0.29, 0.717) is 30.8 Å². The summed E-state index contributed by atoms with van der Waals surface area (Å²) in [4.78, 5) is 30.8. The highest BCUT2D eigenvalue weighted by molar-refractivity contribution is 5.94. The molecule has 184 valence electrons. The van der Waals surface area contributed by atoms with Gasteiger partial charge in [0.1, 0.15) is 11.9 Å². The molecule has 8 heteroatoms. The number of aromatic nitrogens is 2. The molecule has 1 fully saturated rings. The smallest absolute Gasteiger partial charge is 0.412 e. The van der Waals surface area contributed by atoms with Crippen molar-refractivity contribution in [3.63, 3.8) is 0 Å². The van der Waals surface area contributed by atoms with Crippen molar-refractivity contribution >= 4 is 28.8 Å². The molecule has 35 heavy (non-hydrogen) atoms. The highest BCUT2D eigenvalue weighted by Gasteiger charge is 2.35. The molecule has 1 aliphatic carbocycles. The van der Waals surface area contributed by atoms with E-state index < -0.39 is 12.2 Å². The van der Waals surface area contributed by atoms with E-state index in [9.17, 15) is 19.8 Å². The Morgan fingerprint density at radius 2 is 1.89 bits per heavy atom. The zero-order valence-corrected chi connectivity index (χ0v) is 20.1. The molecule has 8 nitrogen and oxygen atoms in total. The maximum absolute atomic E-state index is 12.4. The average molecular weight is 478 g/mol. The number of imidazole rings is 1. The SMILES string of the molecule is COC(=O)[C@@H]1CCC[C@@H](n2c(C(O)c3ccccc3)nc3c4c(ccc32)N(C(=O)O)[C@@H](C)CC4)C1. The number of fused-ring (bicyclic) bond motifs is 3. The van der Waals surface area contributed by atoms with E-state index in [1.165, 1.54) is 12.0 Å². The zero-order valence-electron chi connectivity index (χ0n) is 20.1. The van der Waals surface area contributed by atoms with Crippen molar-refractivity contribution in [2.75, 3.05) is 12.0 Å². The first kappa shape index (κ1) is 23.4. The molecule has 1 unspecified atom stereocenters. The minimum absolute atomic E-state index is 0.0256. The van der Waals surface area contributed by atoms with Crippen LogP contribution in [-0.4, -0.2) is 45.0 Å². The molecule has 2 heterocycles. The van der Waals surface area contributed by atoms with Gasteiger partial charge in [0.2, 0.25) is 0 Å². The Kier molecular flexibility index (Phi) is 6.23. The van der Waals surface area contributed by atoms with Crippen LogP contribution in [0.3, 0.4) is 0 Å². The van der Waals surface area contributed by atoms with Crippen LogP contribution in [0.2, 0.25) is 0 Å². The van der Waals surface area contributed by atoms with Crippen LogP contribution < -0.4 is 4.90 Å². The molecule has 2 N–H and O–H groups in total. The largest absolute Gasteiger partial charge is 0.469 e. The van der Waals surface area contributed by atoms with Crippen LogP contribution in [0.15, 0.2) is 42.5 Å². The molecule has 1 aliphatic heterocycles. The third-order valence-electron chi connectivity index (χ3n) is 7.59. The first-order valence-corrected chi connectivity index (χ1v) is 12.3. The summed E-state index contributed by atoms with van der Waals surface area (Å²) in [6.07, 6.45) is 2.63. The highest BCUT2D eigenvalue weighted by Crippen LogP contribution is 2.42. The van der Waals surface area contributed by atoms with Crippen LogP contribution in [0.1, 0.15) is 68.1 Å². The van der Waals surface area contributed by atoms with Crippen LogP contribution in [-0.2, 0) is 16.0 Å². The van der Waals surface area contributed by atoms with Crippen LogP contribution >= 0.6 is 0 Å². The van der Waals surface area contributed by atoms with Gasteiger partial charge < -0.3 is 19.5 Å². The molecule has 1 aromatic heterocycles. The van der Waals surface area contributed by atoms with E-state index in [2.05, 4.69) is 4.57 Å². The van der Waals surface area contributed by atoms with Gasteiger partial charge in [-0.15, -0.1) is 0 Å². The maximum atomic E-state index is 12.4. The Hall–Kier alpha value is -3.39. The molecule has 3 aromatic rings. The van der Waals surface area contributed by atoms with Crippen LogP contribution in [0, 0.1) is 5.92 Å². The molecule has 0 radical (unpaired) electrons. The summed E-state index contributed by atoms with van der Waals surface area (Å²) in [5.74, 6) is 0.127. The lowest BCUT2D eigenvalue weighted by Crippen LogP contribution is -2.41. The lowest BCUT2D eigenvalue weighted by molar-refractivity contribution is -0.147. The van der Waals surface area contributed by atoms with Gasteiger partial charge >= 0.3 is 12.1 Å². The fraction of sp³-hybridized carbons (Fsp3) is 0.444. The maximum Gasteiger partial charge on any atom is 0.412 e. The zero-order chi connectivity index (χ0) is 24.7. The van der Waals surface area contributed by atoms with E-state index in [1.54, 1.807) is 0 Å². The van der Waals surface area contributed by atoms with E-state index in [4.69, 9.17) is 9.72 Å². The number of carbonyl (C=O) groups is 2. The second-order valence-corrected chi connectivity index (χ2v) is 9.66. The van der Waals surface area contributed by atoms with Crippen molar-refractivity contribution in [2.24, 2.45) is 5.92 Å². The van der Waals surface area contributed by atoms with Crippen molar-refractivity contribution in [1.29, 1.82) is 0 Å². The number of methoxy groups -OCH3 is 1. The third-order valence-corrected chi connectivity index (χ3v) is 7.59. The predicted molar refractivity (Wildman–Crippen MR) is 132 cm³/mol. The fourth-order valence-corrected chi connectivity index (χ4v) is 5.85. The van der Waals surface area contributed by atoms with E-state index in [1.807, 2.05) is 49.4 Å². The number of hydrogen-bond donors (Lipinski definition) is 2. The van der Waals surface area contributed by atoms with Crippen molar-refractivity contribution in [1.82, 2.24) is 9.55 Å². The number of carboxylic acid groups (broad SMARTS) is 1. The number of carbonyl (C=O) groups excluding carboxylic acids is 1. The molecule has 0 spiro atoms. The molecule has 1 amide bonds. The third kappa shape index (κ3) is 4.05. The predicted octanol–water partition coefficient (Wildman–Crippen LogP) is 4.84. The van der Waals surface area contributed by atoms with Crippen molar-refractivity contribution in [3.05, 3.63) is 59.4 Å². The van der Waals surface area contributed by atoms with Gasteiger partial charge in [0.25, 0.3) is 0 Å². The number of rotatable bonds is 4. The lowest BCUT2D eigenvalue weighted by atomic mass is 9.85. The standard InChI is InChI=1S/C27H31N3O5/c1-16-11-12-20-21(29(16)27(33)34)13-14-22-23(20)28-25(24(31)17-7-4-3-5-8-17)30(22)19-10-6-9-18(15-19)26(32)35-2/h3-5,7-8,13-14,16,18-19,24,31H,6,9-12,15H2,1-2H3,(H,33,34)/t16-,18+,19+,24?/m0/s1. The van der Waals surface area contributed by atoms with Crippen molar-refractivity contribution in [3.8, 4) is 0 Å². The van der Waals surface area contributed by atoms with Crippen LogP contribution in [0.5, 0.6) is 0 Å². The Balaban J connectivity index is 1.68. The number of aliphatic hydroxyl groups excluding tert-OH is 1. The van der Waals surface area contributed by atoms with Crippen molar-refractivity contribution in [2.45, 2.75) is 63.6 Å². The summed E-state index contributed by atoms with van der Waals surface area (Å²) < 4.78 is 7.12. The average Bonchev–Trinajstić information content (AvgIpc) is 3.27. The Morgan fingerprint density at radius 1 is 1.11 bits per heavy atom. The van der Waals surface area contributed by atoms with Gasteiger partial charge in [-0.3, -0.25) is 9.69 Å². The molecule has 2 aliphatic rings. The Morgan fingerprint density at radius 3 is 2.60 bits per heavy atom. The second-order valence-electron chi connectivity index (χ2n) is 9.66. The number of ether oxygens (including phenoxy) is 1. The summed E-state index contributed by atoms with van der Waals surface area (Å²) in [6, 6.07) is 13.0. The summed E-state index contributed by atoms with van der Waals surface area (Å²) in [5, 5.41) is 21.3. The van der Waals surface area contributed by atoms with Gasteiger partial charge in [-0.05, 0) is 56.7 Å². The Labute approximate surface area is 204 Å². The van der Waals surface area contributed by atoms with Crippen LogP contribution in [0.25, 0.3) is 11.0 Å². The molecule has 0 saturated heterocycles. The van der Waals surface area contributed by atoms with Gasteiger partial charge in [-0.25, -0.2) is 9.78 Å². The number of amides is 1. The number of benzene rings is 2. The number of esters is 1. The number of hydrogen-bond acceptors (Lipinski definition) is 5. The summed E-state index contributed by atoms with van der Waals surface area (Å²) in [7, 11) is 1.42. The fourth-order valence-electron chi connectivity index (χ4n) is 5.85. The van der Waals surface area contributed by atoms with Crippen molar-refractivity contribution < 1.29 is 24.5 Å². The van der Waals surface area contributed by atoms with Gasteiger partial charge in [0.15, 0.2) is 0 Å². The Bertz CT molecular complexity index is 1250. The lowest BCUT2D eigenvalue weighted by Gasteiger charge is -2.33. The molecular formula is C27H31N3O5. The van der Waals surface area contributed by atoms with Gasteiger partial charge in [-0.1, -0.05) is 36.8 Å². The summed E-state index contributed by atoms with van der Waals surface area (Å²) in [6.45, 7) is 1.92. The summed E-state index contributed by atoms with van der Waals surface area (Å²) in [5.41, 5.74) is 3.88. The van der Waals surface area contributed by atoms with Gasteiger partial charge in [0, 0.05) is 17.6 Å². The van der Waals surface area contributed by atoms with E-state index in [-0.39, 0.29) is 24.0 Å². The molecular weight excluding hydrogens is 446 g/mol. The first-order chi connectivity index (χ1) is 16.9. The first-order valence-electron chi connectivity index (χ1n) is 12.3. The number of aliphatic hydroxyl groups is 1. The molecule has 5 rings (SSSR count). The van der Waals surface area contributed by atoms with Crippen LogP contribution in [0.4, 0.5) is 10.5 Å². The molecule has 4 atom stereocenters. The van der Waals surface area contributed by atoms with Gasteiger partial charge in [0.05, 0.1) is 29.7 Å². The molecule has 0 bridgehead atoms. The topological polar surface area (TPSA) is 105 Å². The minimum Gasteiger partial charge on any atom is -0.469 e. The monoisotopic (exact) mass is 477 g/mol. The second kappa shape index (κ2) is 9.34. The quantitative estimate of drug-likeness (QED) is 0.521.